The van der Waals surface area contributed by atoms with E-state index in [1.807, 2.05) is 13.0 Å². The van der Waals surface area contributed by atoms with Crippen molar-refractivity contribution in [2.75, 3.05) is 11.9 Å². The number of hydrogen-bond donors (Lipinski definition) is 1. The van der Waals surface area contributed by atoms with Gasteiger partial charge in [0.1, 0.15) is 5.69 Å². The molecule has 1 saturated carbocycles. The third-order valence-electron chi connectivity index (χ3n) is 3.61. The van der Waals surface area contributed by atoms with Crippen molar-refractivity contribution in [3.63, 3.8) is 0 Å². The molecule has 0 atom stereocenters. The molecular formula is C15H22N2O3. The van der Waals surface area contributed by atoms with E-state index in [4.69, 9.17) is 4.74 Å². The molecule has 0 saturated heterocycles. The predicted molar refractivity (Wildman–Crippen MR) is 79.4 cm³/mol. The molecule has 20 heavy (non-hydrogen) atoms. The van der Waals surface area contributed by atoms with Crippen molar-refractivity contribution in [3.05, 3.63) is 28.3 Å². The van der Waals surface area contributed by atoms with Gasteiger partial charge in [-0.15, -0.1) is 0 Å². The zero-order chi connectivity index (χ0) is 14.4. The average Bonchev–Trinajstić information content (AvgIpc) is 2.46. The standard InChI is InChI=1S/C15H22N2O3/c1-2-11-20-14-10-6-9-13(15(14)17(18)19)16-12-7-4-3-5-8-12/h6,9-10,12,16H,2-5,7-8,11H2,1H3. The van der Waals surface area contributed by atoms with Gasteiger partial charge in [-0.1, -0.05) is 32.3 Å². The number of nitro benzene ring substituents is 1. The molecule has 5 nitrogen and oxygen atoms in total. The van der Waals surface area contributed by atoms with Crippen LogP contribution in [0.15, 0.2) is 18.2 Å². The zero-order valence-corrected chi connectivity index (χ0v) is 11.9. The monoisotopic (exact) mass is 278 g/mol. The Morgan fingerprint density at radius 1 is 1.35 bits per heavy atom. The predicted octanol–water partition coefficient (Wildman–Crippen LogP) is 4.13. The number of benzene rings is 1. The van der Waals surface area contributed by atoms with Gasteiger partial charge >= 0.3 is 5.69 Å². The Kier molecular flexibility index (Phi) is 5.21. The summed E-state index contributed by atoms with van der Waals surface area (Å²) in [4.78, 5) is 11.0. The summed E-state index contributed by atoms with van der Waals surface area (Å²) in [6.07, 6.45) is 6.64. The van der Waals surface area contributed by atoms with Crippen molar-refractivity contribution < 1.29 is 9.66 Å². The molecule has 0 bridgehead atoms. The van der Waals surface area contributed by atoms with E-state index in [9.17, 15) is 10.1 Å². The number of nitrogens with zero attached hydrogens (tertiary/aromatic N) is 1. The molecule has 1 aromatic carbocycles. The molecule has 1 N–H and O–H groups in total. The fourth-order valence-electron chi connectivity index (χ4n) is 2.62. The largest absolute Gasteiger partial charge is 0.487 e. The first-order chi connectivity index (χ1) is 9.72. The summed E-state index contributed by atoms with van der Waals surface area (Å²) in [5.74, 6) is 0.359. The van der Waals surface area contributed by atoms with Crippen molar-refractivity contribution in [3.8, 4) is 5.75 Å². The van der Waals surface area contributed by atoms with Crippen molar-refractivity contribution in [1.82, 2.24) is 0 Å². The highest BCUT2D eigenvalue weighted by atomic mass is 16.6. The minimum absolute atomic E-state index is 0.0616. The molecule has 0 heterocycles. The molecule has 110 valence electrons. The van der Waals surface area contributed by atoms with Gasteiger partial charge in [0, 0.05) is 6.04 Å². The van der Waals surface area contributed by atoms with E-state index < -0.39 is 0 Å². The van der Waals surface area contributed by atoms with Gasteiger partial charge in [-0.3, -0.25) is 10.1 Å². The lowest BCUT2D eigenvalue weighted by Crippen LogP contribution is -2.22. The maximum atomic E-state index is 11.3. The van der Waals surface area contributed by atoms with Crippen LogP contribution in [0.2, 0.25) is 0 Å². The van der Waals surface area contributed by atoms with Crippen LogP contribution in [0.4, 0.5) is 11.4 Å². The molecule has 0 aromatic heterocycles. The molecule has 1 fully saturated rings. The topological polar surface area (TPSA) is 64.4 Å². The average molecular weight is 278 g/mol. The van der Waals surface area contributed by atoms with E-state index in [0.717, 1.165) is 19.3 Å². The van der Waals surface area contributed by atoms with Gasteiger partial charge in [0.15, 0.2) is 5.75 Å². The van der Waals surface area contributed by atoms with Crippen molar-refractivity contribution >= 4 is 11.4 Å². The number of anilines is 1. The van der Waals surface area contributed by atoms with E-state index >= 15 is 0 Å². The molecule has 0 spiro atoms. The third kappa shape index (κ3) is 3.62. The van der Waals surface area contributed by atoms with Gasteiger partial charge < -0.3 is 10.1 Å². The molecule has 0 aliphatic heterocycles. The maximum Gasteiger partial charge on any atom is 0.333 e. The third-order valence-corrected chi connectivity index (χ3v) is 3.61. The summed E-state index contributed by atoms with van der Waals surface area (Å²) < 4.78 is 5.50. The summed E-state index contributed by atoms with van der Waals surface area (Å²) in [5.41, 5.74) is 0.641. The van der Waals surface area contributed by atoms with Crippen molar-refractivity contribution in [1.29, 1.82) is 0 Å². The van der Waals surface area contributed by atoms with Gasteiger partial charge in [-0.25, -0.2) is 0 Å². The van der Waals surface area contributed by atoms with Crippen LogP contribution in [0, 0.1) is 10.1 Å². The van der Waals surface area contributed by atoms with Crippen molar-refractivity contribution in [2.24, 2.45) is 0 Å². The lowest BCUT2D eigenvalue weighted by Gasteiger charge is -2.24. The molecule has 1 aromatic rings. The molecule has 0 radical (unpaired) electrons. The number of nitrogens with one attached hydrogen (secondary N) is 1. The highest BCUT2D eigenvalue weighted by Gasteiger charge is 2.23. The molecule has 2 rings (SSSR count). The Balaban J connectivity index is 2.19. The Bertz CT molecular complexity index is 456. The van der Waals surface area contributed by atoms with E-state index in [-0.39, 0.29) is 10.6 Å². The first kappa shape index (κ1) is 14.6. The van der Waals surface area contributed by atoms with Crippen LogP contribution in [0.5, 0.6) is 5.75 Å². The molecule has 1 aliphatic rings. The van der Waals surface area contributed by atoms with Crippen LogP contribution >= 0.6 is 0 Å². The summed E-state index contributed by atoms with van der Waals surface area (Å²) in [7, 11) is 0. The van der Waals surface area contributed by atoms with Gasteiger partial charge in [-0.2, -0.15) is 0 Å². The Hall–Kier alpha value is -1.78. The molecule has 0 amide bonds. The molecule has 1 aliphatic carbocycles. The van der Waals surface area contributed by atoms with E-state index in [1.54, 1.807) is 12.1 Å². The van der Waals surface area contributed by atoms with Crippen LogP contribution < -0.4 is 10.1 Å². The number of nitro groups is 1. The van der Waals surface area contributed by atoms with Crippen LogP contribution in [-0.2, 0) is 0 Å². The molecule has 5 heteroatoms. The van der Waals surface area contributed by atoms with E-state index in [0.29, 0.717) is 24.1 Å². The maximum absolute atomic E-state index is 11.3. The fourth-order valence-corrected chi connectivity index (χ4v) is 2.62. The second-order valence-electron chi connectivity index (χ2n) is 5.24. The number of ether oxygens (including phenoxy) is 1. The summed E-state index contributed by atoms with van der Waals surface area (Å²) in [5, 5.41) is 14.7. The summed E-state index contributed by atoms with van der Waals surface area (Å²) in [6.45, 7) is 2.48. The SMILES string of the molecule is CCCOc1cccc(NC2CCCCC2)c1[N+](=O)[O-]. The van der Waals surface area contributed by atoms with Gasteiger partial charge in [0.25, 0.3) is 0 Å². The van der Waals surface area contributed by atoms with Crippen molar-refractivity contribution in [2.45, 2.75) is 51.5 Å². The van der Waals surface area contributed by atoms with Crippen LogP contribution in [0.25, 0.3) is 0 Å². The van der Waals surface area contributed by atoms with Crippen LogP contribution in [0.1, 0.15) is 45.4 Å². The summed E-state index contributed by atoms with van der Waals surface area (Å²) >= 11 is 0. The first-order valence-electron chi connectivity index (χ1n) is 7.39. The highest BCUT2D eigenvalue weighted by molar-refractivity contribution is 5.68. The number of rotatable bonds is 6. The number of hydrogen-bond acceptors (Lipinski definition) is 4. The highest BCUT2D eigenvalue weighted by Crippen LogP contribution is 2.36. The lowest BCUT2D eigenvalue weighted by atomic mass is 9.95. The van der Waals surface area contributed by atoms with E-state index in [1.165, 1.54) is 19.3 Å². The van der Waals surface area contributed by atoms with Gasteiger partial charge in [-0.05, 0) is 31.4 Å². The molecular weight excluding hydrogens is 256 g/mol. The normalized spacial score (nSPS) is 15.8. The van der Waals surface area contributed by atoms with E-state index in [2.05, 4.69) is 5.32 Å². The van der Waals surface area contributed by atoms with Crippen LogP contribution in [0.3, 0.4) is 0 Å². The number of para-hydroxylation sites is 1. The Morgan fingerprint density at radius 3 is 2.75 bits per heavy atom. The second kappa shape index (κ2) is 7.12. The Morgan fingerprint density at radius 2 is 2.10 bits per heavy atom. The minimum atomic E-state index is -0.351. The quantitative estimate of drug-likeness (QED) is 0.627. The first-order valence-corrected chi connectivity index (χ1v) is 7.39. The van der Waals surface area contributed by atoms with Gasteiger partial charge in [0.05, 0.1) is 11.5 Å². The minimum Gasteiger partial charge on any atom is -0.487 e. The smallest absolute Gasteiger partial charge is 0.333 e. The lowest BCUT2D eigenvalue weighted by molar-refractivity contribution is -0.385. The second-order valence-corrected chi connectivity index (χ2v) is 5.24. The molecule has 0 unspecified atom stereocenters. The summed E-state index contributed by atoms with van der Waals surface area (Å²) in [6, 6.07) is 5.58. The fraction of sp³-hybridized carbons (Fsp3) is 0.600. The van der Waals surface area contributed by atoms with Crippen LogP contribution in [-0.4, -0.2) is 17.6 Å². The Labute approximate surface area is 119 Å². The zero-order valence-electron chi connectivity index (χ0n) is 11.9. The van der Waals surface area contributed by atoms with Gasteiger partial charge in [0.2, 0.25) is 0 Å².